The molecule has 2 aliphatic heterocycles. The van der Waals surface area contributed by atoms with Gasteiger partial charge in [0.2, 0.25) is 0 Å². The molecule has 2 aliphatic rings. The van der Waals surface area contributed by atoms with Crippen LogP contribution in [0.4, 0.5) is 0 Å². The van der Waals surface area contributed by atoms with Gasteiger partial charge in [-0.3, -0.25) is 0 Å². The molecule has 0 radical (unpaired) electrons. The van der Waals surface area contributed by atoms with Crippen LogP contribution in [0.15, 0.2) is 0 Å². The van der Waals surface area contributed by atoms with E-state index in [2.05, 4.69) is 0 Å². The van der Waals surface area contributed by atoms with Crippen molar-refractivity contribution in [3.8, 4) is 0 Å². The van der Waals surface area contributed by atoms with Crippen LogP contribution in [-0.4, -0.2) is 22.2 Å². The molecular formula is C12H24NiO4P. The van der Waals surface area contributed by atoms with Crippen LogP contribution in [0.5, 0.6) is 0 Å². The molecule has 2 rings (SSSR count). The average molecular weight is 322 g/mol. The van der Waals surface area contributed by atoms with Gasteiger partial charge in [-0.15, -0.1) is 0 Å². The minimum absolute atomic E-state index is 0. The number of hydrogen-bond donors (Lipinski definition) is 2. The van der Waals surface area contributed by atoms with Gasteiger partial charge in [0.15, 0.2) is 0 Å². The molecule has 0 bridgehead atoms. The second kappa shape index (κ2) is 4.76. The van der Waals surface area contributed by atoms with Gasteiger partial charge in [-0.1, -0.05) is 0 Å². The third-order valence-electron chi connectivity index (χ3n) is 4.07. The smallest absolute Gasteiger partial charge is 0.153 e. The normalized spacial score (nSPS) is 24.4. The second-order valence-corrected chi connectivity index (χ2v) is 12.4. The molecule has 0 saturated carbocycles. The fraction of sp³-hybridized carbons (Fsp3) is 0.833. The van der Waals surface area contributed by atoms with Crippen LogP contribution >= 0.6 is 9.90 Å². The molecule has 2 N–H and O–H groups in total. The van der Waals surface area contributed by atoms with Gasteiger partial charge in [0, 0.05) is 0 Å². The minimum atomic E-state index is -1.66. The first-order chi connectivity index (χ1) is 7.88. The second-order valence-electron chi connectivity index (χ2n) is 5.00. The summed E-state index contributed by atoms with van der Waals surface area (Å²) in [5.74, 6) is -1.65. The van der Waals surface area contributed by atoms with Crippen LogP contribution in [0, 0.1) is 0 Å². The zero-order valence-corrected chi connectivity index (χ0v) is 13.3. The summed E-state index contributed by atoms with van der Waals surface area (Å²) in [6, 6.07) is 0. The molecular weight excluding hydrogens is 298 g/mol. The van der Waals surface area contributed by atoms with E-state index in [1.54, 1.807) is 0 Å². The van der Waals surface area contributed by atoms with Gasteiger partial charge in [0.05, 0.1) is 0 Å². The molecule has 0 aromatic carbocycles. The number of carbonyl (C=O) groups is 2. The van der Waals surface area contributed by atoms with Gasteiger partial charge in [0.25, 0.3) is 0 Å². The Hall–Kier alpha value is -0.136. The topological polar surface area (TPSA) is 74.6 Å². The molecule has 0 aliphatic carbocycles. The average Bonchev–Trinajstić information content (AvgIpc) is 3.06. The number of carboxylic acids is 2. The van der Waals surface area contributed by atoms with E-state index in [0.29, 0.717) is 0 Å². The third kappa shape index (κ3) is 2.21. The molecule has 111 valence electrons. The summed E-state index contributed by atoms with van der Waals surface area (Å²) in [7, 11) is 0. The summed E-state index contributed by atoms with van der Waals surface area (Å²) in [4.78, 5) is 22.3. The standard InChI is InChI=1S/C8H13O4.2C2H4.Ni.H3P/c1-2-3-6(4-7(9)10)5-8(11)12;2*1-2;;/h2-5H2,1H3,(H,9,10)(H,11,12);2*1-2H2;;1H3. The summed E-state index contributed by atoms with van der Waals surface area (Å²) >= 11 is -1.66. The van der Waals surface area contributed by atoms with E-state index in [-0.39, 0.29) is 22.7 Å². The van der Waals surface area contributed by atoms with Crippen LogP contribution in [0.2, 0.25) is 25.9 Å². The van der Waals surface area contributed by atoms with E-state index < -0.39 is 27.7 Å². The Morgan fingerprint density at radius 3 is 1.67 bits per heavy atom. The quantitative estimate of drug-likeness (QED) is 0.557. The van der Waals surface area contributed by atoms with Crippen molar-refractivity contribution in [2.45, 2.75) is 58.6 Å². The Kier molecular flexibility index (Phi) is 4.21. The van der Waals surface area contributed by atoms with Crippen LogP contribution in [-0.2, 0) is 20.9 Å². The summed E-state index contributed by atoms with van der Waals surface area (Å²) < 4.78 is -0.391. The number of aliphatic carboxylic acids is 2. The van der Waals surface area contributed by atoms with E-state index in [4.69, 9.17) is 10.2 Å². The number of carboxylic acid groups (broad SMARTS) is 2. The molecule has 0 aromatic heterocycles. The van der Waals surface area contributed by atoms with Crippen molar-refractivity contribution < 1.29 is 31.2 Å². The van der Waals surface area contributed by atoms with Gasteiger partial charge < -0.3 is 0 Å². The molecule has 1 unspecified atom stereocenters. The predicted octanol–water partition coefficient (Wildman–Crippen LogP) is 3.34. The minimum Gasteiger partial charge on any atom is -0.153 e. The van der Waals surface area contributed by atoms with Gasteiger partial charge in [-0.25, -0.2) is 0 Å². The van der Waals surface area contributed by atoms with Crippen molar-refractivity contribution in [1.29, 1.82) is 0 Å². The molecule has 2 saturated heterocycles. The fourth-order valence-electron chi connectivity index (χ4n) is 2.91. The van der Waals surface area contributed by atoms with Gasteiger partial charge in [-0.05, 0) is 0 Å². The van der Waals surface area contributed by atoms with E-state index in [1.165, 1.54) is 0 Å². The van der Waals surface area contributed by atoms with E-state index in [0.717, 1.165) is 34.4 Å². The molecule has 0 amide bonds. The maximum atomic E-state index is 11.1. The zero-order chi connectivity index (χ0) is 12.8. The first-order valence-corrected chi connectivity index (χ1v) is 9.17. The molecule has 4 nitrogen and oxygen atoms in total. The molecule has 0 aromatic rings. The fourth-order valence-corrected chi connectivity index (χ4v) is 11.3. The Bertz CT molecular complexity index is 339. The van der Waals surface area contributed by atoms with Gasteiger partial charge >= 0.3 is 102 Å². The largest absolute Gasteiger partial charge is 0.153 e. The molecule has 1 atom stereocenters. The Balaban J connectivity index is 0.00000162. The molecule has 18 heavy (non-hydrogen) atoms. The first-order valence-electron chi connectivity index (χ1n) is 5.88. The van der Waals surface area contributed by atoms with E-state index >= 15 is 0 Å². The predicted molar refractivity (Wildman–Crippen MR) is 72.4 cm³/mol. The summed E-state index contributed by atoms with van der Waals surface area (Å²) in [5.41, 5.74) is 0. The van der Waals surface area contributed by atoms with Crippen molar-refractivity contribution >= 4 is 21.8 Å². The SMILES string of the molecule is CCC[C](CC(=O)O)(CC(=O)O)[Ni]12([CH2][CH2]1)[CH2][CH2]2.P. The van der Waals surface area contributed by atoms with E-state index in [1.807, 2.05) is 6.92 Å². The van der Waals surface area contributed by atoms with E-state index in [9.17, 15) is 9.59 Å². The van der Waals surface area contributed by atoms with Crippen molar-refractivity contribution in [3.05, 3.63) is 0 Å². The molecule has 2 fully saturated rings. The number of hydrogen-bond acceptors (Lipinski definition) is 2. The monoisotopic (exact) mass is 321 g/mol. The van der Waals surface area contributed by atoms with Gasteiger partial charge in [-0.2, -0.15) is 9.90 Å². The molecule has 6 heteroatoms. The van der Waals surface area contributed by atoms with Crippen molar-refractivity contribution in [2.75, 3.05) is 0 Å². The molecule has 1 spiro atoms. The summed E-state index contributed by atoms with van der Waals surface area (Å²) in [6.07, 6.45) is 1.80. The Morgan fingerprint density at radius 2 is 1.44 bits per heavy atom. The van der Waals surface area contributed by atoms with Crippen LogP contribution in [0.1, 0.15) is 32.6 Å². The summed E-state index contributed by atoms with van der Waals surface area (Å²) in [6.45, 7) is 2.03. The number of rotatable bonds is 7. The van der Waals surface area contributed by atoms with Crippen molar-refractivity contribution in [2.24, 2.45) is 0 Å². The van der Waals surface area contributed by atoms with Crippen molar-refractivity contribution in [3.63, 3.8) is 0 Å². The summed E-state index contributed by atoms with van der Waals surface area (Å²) in [5, 5.41) is 22.9. The Morgan fingerprint density at radius 1 is 1.06 bits per heavy atom. The maximum absolute atomic E-state index is 11.1. The van der Waals surface area contributed by atoms with Crippen LogP contribution in [0.25, 0.3) is 0 Å². The van der Waals surface area contributed by atoms with Crippen LogP contribution in [0.3, 0.4) is 0 Å². The van der Waals surface area contributed by atoms with Crippen LogP contribution < -0.4 is 0 Å². The molecule has 2 heterocycles. The Labute approximate surface area is 112 Å². The van der Waals surface area contributed by atoms with Crippen molar-refractivity contribution in [1.82, 2.24) is 0 Å². The first kappa shape index (κ1) is 15.9. The third-order valence-corrected chi connectivity index (χ3v) is 12.4. The maximum Gasteiger partial charge on any atom is -0.153 e. The zero-order valence-electron chi connectivity index (χ0n) is 10.9. The van der Waals surface area contributed by atoms with Gasteiger partial charge in [0.1, 0.15) is 0 Å².